The lowest BCUT2D eigenvalue weighted by atomic mass is 10.2. The van der Waals surface area contributed by atoms with Gasteiger partial charge in [-0.25, -0.2) is 10.2 Å². The normalized spacial score (nSPS) is 10.5. The first-order valence-corrected chi connectivity index (χ1v) is 9.68. The van der Waals surface area contributed by atoms with Crippen molar-refractivity contribution in [2.24, 2.45) is 5.10 Å². The number of carbonyl (C=O) groups excluding carboxylic acids is 1. The summed E-state index contributed by atoms with van der Waals surface area (Å²) >= 11 is 6.36. The predicted octanol–water partition coefficient (Wildman–Crippen LogP) is 4.29. The zero-order valence-electron chi connectivity index (χ0n) is 17.1. The van der Waals surface area contributed by atoms with Crippen LogP contribution in [0.1, 0.15) is 18.9 Å². The Balaban J connectivity index is 1.94. The fraction of sp³-hybridized carbons (Fsp3) is 0.333. The molecule has 2 rings (SSSR count). The molecule has 0 bridgehead atoms. The van der Waals surface area contributed by atoms with Gasteiger partial charge in [0.2, 0.25) is 0 Å². The van der Waals surface area contributed by atoms with Crippen LogP contribution in [0.3, 0.4) is 0 Å². The minimum absolute atomic E-state index is 0.367. The van der Waals surface area contributed by atoms with Crippen LogP contribution in [-0.4, -0.2) is 46.3 Å². The highest BCUT2D eigenvalue weighted by Gasteiger charge is 2.12. The predicted molar refractivity (Wildman–Crippen MR) is 114 cm³/mol. The molecule has 0 fully saturated rings. The largest absolute Gasteiger partial charge is 0.493 e. The number of nitrogens with one attached hydrogen (secondary N) is 1. The van der Waals surface area contributed by atoms with Crippen molar-refractivity contribution in [3.05, 3.63) is 47.0 Å². The van der Waals surface area contributed by atoms with Crippen molar-refractivity contribution in [1.82, 2.24) is 5.43 Å². The number of methoxy groups -OCH3 is 2. The van der Waals surface area contributed by atoms with Gasteiger partial charge in [0.1, 0.15) is 0 Å². The molecule has 2 aromatic carbocycles. The topological polar surface area (TPSA) is 87.6 Å². The molecule has 30 heavy (non-hydrogen) atoms. The van der Waals surface area contributed by atoms with Crippen LogP contribution >= 0.6 is 11.6 Å². The second kappa shape index (κ2) is 12.4. The summed E-state index contributed by atoms with van der Waals surface area (Å²) in [6, 6.07) is 10.8. The van der Waals surface area contributed by atoms with Gasteiger partial charge in [0.25, 0.3) is 0 Å². The van der Waals surface area contributed by atoms with Crippen LogP contribution in [0, 0.1) is 0 Å². The molecule has 0 aromatic heterocycles. The number of hydrazone groups is 1. The Morgan fingerprint density at radius 2 is 1.80 bits per heavy atom. The lowest BCUT2D eigenvalue weighted by Crippen LogP contribution is -2.16. The van der Waals surface area contributed by atoms with Crippen molar-refractivity contribution in [3.8, 4) is 23.0 Å². The summed E-state index contributed by atoms with van der Waals surface area (Å²) in [7, 11) is 2.85. The van der Waals surface area contributed by atoms with Gasteiger partial charge < -0.3 is 23.7 Å². The first kappa shape index (κ1) is 23.2. The third-order valence-corrected chi connectivity index (χ3v) is 4.03. The number of nitrogens with zero attached hydrogens (tertiary/aromatic N) is 1. The minimum Gasteiger partial charge on any atom is -0.493 e. The van der Waals surface area contributed by atoms with E-state index in [0.717, 1.165) is 0 Å². The van der Waals surface area contributed by atoms with E-state index in [0.29, 0.717) is 59.8 Å². The Kier molecular flexibility index (Phi) is 9.60. The van der Waals surface area contributed by atoms with E-state index in [4.69, 9.17) is 30.5 Å². The first-order valence-electron chi connectivity index (χ1n) is 9.31. The summed E-state index contributed by atoms with van der Waals surface area (Å²) in [4.78, 5) is 11.1. The van der Waals surface area contributed by atoms with E-state index in [1.807, 2.05) is 31.2 Å². The van der Waals surface area contributed by atoms with Crippen LogP contribution in [0.15, 0.2) is 41.5 Å². The second-order valence-electron chi connectivity index (χ2n) is 5.83. The number of para-hydroxylation sites is 2. The number of ether oxygens (including phenoxy) is 5. The van der Waals surface area contributed by atoms with Gasteiger partial charge in [-0.05, 0) is 36.8 Å². The number of rotatable bonds is 11. The zero-order chi connectivity index (χ0) is 21.8. The van der Waals surface area contributed by atoms with Crippen molar-refractivity contribution in [3.63, 3.8) is 0 Å². The van der Waals surface area contributed by atoms with Gasteiger partial charge in [-0.15, -0.1) is 0 Å². The van der Waals surface area contributed by atoms with E-state index < -0.39 is 6.09 Å². The number of halogens is 1. The van der Waals surface area contributed by atoms with E-state index in [1.165, 1.54) is 13.3 Å². The SMILES string of the molecule is CCOc1cc(C=NNC(=O)OC)cc(Cl)c1OCCCOc1ccccc1OC. The van der Waals surface area contributed by atoms with Crippen molar-refractivity contribution >= 4 is 23.9 Å². The van der Waals surface area contributed by atoms with E-state index in [-0.39, 0.29) is 0 Å². The lowest BCUT2D eigenvalue weighted by molar-refractivity contribution is 0.171. The van der Waals surface area contributed by atoms with Crippen LogP contribution in [0.2, 0.25) is 5.02 Å². The molecule has 0 unspecified atom stereocenters. The Labute approximate surface area is 180 Å². The number of carbonyl (C=O) groups is 1. The zero-order valence-corrected chi connectivity index (χ0v) is 17.9. The molecule has 0 saturated heterocycles. The summed E-state index contributed by atoms with van der Waals surface area (Å²) in [6.45, 7) is 3.13. The summed E-state index contributed by atoms with van der Waals surface area (Å²) < 4.78 is 26.9. The molecule has 2 aromatic rings. The fourth-order valence-corrected chi connectivity index (χ4v) is 2.70. The van der Waals surface area contributed by atoms with Crippen LogP contribution in [0.25, 0.3) is 0 Å². The molecule has 162 valence electrons. The molecule has 0 aliphatic carbocycles. The number of hydrogen-bond acceptors (Lipinski definition) is 7. The van der Waals surface area contributed by atoms with Gasteiger partial charge in [-0.1, -0.05) is 23.7 Å². The van der Waals surface area contributed by atoms with Gasteiger partial charge in [0.15, 0.2) is 23.0 Å². The average Bonchev–Trinajstić information content (AvgIpc) is 2.75. The summed E-state index contributed by atoms with van der Waals surface area (Å²) in [5.74, 6) is 2.28. The standard InChI is InChI=1S/C21H25ClN2O6/c1-4-28-19-13-15(14-23-24-21(25)27-3)12-16(22)20(19)30-11-7-10-29-18-9-6-5-8-17(18)26-2/h5-6,8-9,12-14H,4,7,10-11H2,1-3H3,(H,24,25). The first-order chi connectivity index (χ1) is 14.6. The number of benzene rings is 2. The molecule has 0 radical (unpaired) electrons. The highest BCUT2D eigenvalue weighted by molar-refractivity contribution is 6.32. The smallest absolute Gasteiger partial charge is 0.427 e. The van der Waals surface area contributed by atoms with Crippen molar-refractivity contribution in [2.45, 2.75) is 13.3 Å². The highest BCUT2D eigenvalue weighted by atomic mass is 35.5. The van der Waals surface area contributed by atoms with Crippen LogP contribution in [0.5, 0.6) is 23.0 Å². The van der Waals surface area contributed by atoms with Crippen molar-refractivity contribution < 1.29 is 28.5 Å². The Morgan fingerprint density at radius 3 is 2.50 bits per heavy atom. The number of hydrogen-bond donors (Lipinski definition) is 1. The third-order valence-electron chi connectivity index (χ3n) is 3.75. The molecule has 0 aliphatic heterocycles. The van der Waals surface area contributed by atoms with Crippen LogP contribution in [-0.2, 0) is 4.74 Å². The molecule has 1 N–H and O–H groups in total. The van der Waals surface area contributed by atoms with Gasteiger partial charge in [-0.3, -0.25) is 0 Å². The molecule has 0 spiro atoms. The Morgan fingerprint density at radius 1 is 1.07 bits per heavy atom. The Hall–Kier alpha value is -3.13. The van der Waals surface area contributed by atoms with Crippen LogP contribution < -0.4 is 24.4 Å². The maximum absolute atomic E-state index is 11.1. The molecule has 0 atom stereocenters. The quantitative estimate of drug-likeness (QED) is 0.321. The van der Waals surface area contributed by atoms with E-state index >= 15 is 0 Å². The lowest BCUT2D eigenvalue weighted by Gasteiger charge is -2.15. The molecular weight excluding hydrogens is 412 g/mol. The van der Waals surface area contributed by atoms with Gasteiger partial charge in [-0.2, -0.15) is 5.10 Å². The monoisotopic (exact) mass is 436 g/mol. The van der Waals surface area contributed by atoms with E-state index in [1.54, 1.807) is 19.2 Å². The summed E-state index contributed by atoms with van der Waals surface area (Å²) in [5, 5.41) is 4.15. The summed E-state index contributed by atoms with van der Waals surface area (Å²) in [6.07, 6.45) is 1.39. The van der Waals surface area contributed by atoms with E-state index in [2.05, 4.69) is 15.3 Å². The molecule has 0 heterocycles. The summed E-state index contributed by atoms with van der Waals surface area (Å²) in [5.41, 5.74) is 2.84. The molecule has 1 amide bonds. The molecule has 9 heteroatoms. The fourth-order valence-electron chi connectivity index (χ4n) is 2.42. The molecular formula is C21H25ClN2O6. The second-order valence-corrected chi connectivity index (χ2v) is 6.23. The van der Waals surface area contributed by atoms with Crippen molar-refractivity contribution in [2.75, 3.05) is 34.0 Å². The molecule has 0 aliphatic rings. The number of amides is 1. The van der Waals surface area contributed by atoms with Gasteiger partial charge in [0, 0.05) is 6.42 Å². The Bertz CT molecular complexity index is 859. The average molecular weight is 437 g/mol. The van der Waals surface area contributed by atoms with Crippen molar-refractivity contribution in [1.29, 1.82) is 0 Å². The minimum atomic E-state index is -0.669. The molecule has 8 nitrogen and oxygen atoms in total. The van der Waals surface area contributed by atoms with Gasteiger partial charge >= 0.3 is 6.09 Å². The highest BCUT2D eigenvalue weighted by Crippen LogP contribution is 2.36. The third kappa shape index (κ3) is 7.04. The maximum atomic E-state index is 11.1. The van der Waals surface area contributed by atoms with E-state index in [9.17, 15) is 4.79 Å². The maximum Gasteiger partial charge on any atom is 0.427 e. The molecule has 0 saturated carbocycles. The van der Waals surface area contributed by atoms with Gasteiger partial charge in [0.05, 0.1) is 45.3 Å². The van der Waals surface area contributed by atoms with Crippen LogP contribution in [0.4, 0.5) is 4.79 Å².